The number of nitrogens with two attached hydrogens (primary N) is 2. The second-order valence-corrected chi connectivity index (χ2v) is 4.61. The molecule has 6 nitrogen and oxygen atoms in total. The summed E-state index contributed by atoms with van der Waals surface area (Å²) in [7, 11) is 1.79. The van der Waals surface area contributed by atoms with Crippen LogP contribution in [-0.2, 0) is 7.05 Å². The highest BCUT2D eigenvalue weighted by molar-refractivity contribution is 5.99. The molecule has 0 atom stereocenters. The van der Waals surface area contributed by atoms with E-state index in [1.165, 1.54) is 0 Å². The second kappa shape index (κ2) is 5.39. The van der Waals surface area contributed by atoms with Gasteiger partial charge in [-0.25, -0.2) is 0 Å². The lowest BCUT2D eigenvalue weighted by Gasteiger charge is -2.32. The zero-order valence-electron chi connectivity index (χ0n) is 11.6. The van der Waals surface area contributed by atoms with Gasteiger partial charge in [0.2, 0.25) is 0 Å². The van der Waals surface area contributed by atoms with Crippen molar-refractivity contribution >= 4 is 11.7 Å². The summed E-state index contributed by atoms with van der Waals surface area (Å²) in [6.07, 6.45) is 1.73. The summed E-state index contributed by atoms with van der Waals surface area (Å²) in [5, 5.41) is 7.59. The summed E-state index contributed by atoms with van der Waals surface area (Å²) in [5.74, 6) is 0.176. The van der Waals surface area contributed by atoms with E-state index in [0.29, 0.717) is 23.6 Å². The molecular weight excluding hydrogens is 230 g/mol. The number of nitrogens with one attached hydrogen (secondary N) is 1. The lowest BCUT2D eigenvalue weighted by atomic mass is 9.92. The molecule has 6 heteroatoms. The van der Waals surface area contributed by atoms with Crippen molar-refractivity contribution in [3.8, 4) is 0 Å². The van der Waals surface area contributed by atoms with Gasteiger partial charge in [-0.15, -0.1) is 0 Å². The molecule has 0 aliphatic carbocycles. The predicted octanol–water partition coefficient (Wildman–Crippen LogP) is 0.757. The van der Waals surface area contributed by atoms with E-state index in [-0.39, 0.29) is 5.54 Å². The van der Waals surface area contributed by atoms with Gasteiger partial charge in [0.15, 0.2) is 0 Å². The maximum atomic E-state index is 11.5. The van der Waals surface area contributed by atoms with Crippen LogP contribution < -0.4 is 16.8 Å². The molecule has 1 heterocycles. The standard InChI is InChI=1S/C12H23N5O/c1-5-12(6-2,7-13)15-11-9(10(14)18)8(3)16-17(11)4/h15H,5-7,13H2,1-4H3,(H2,14,18). The van der Waals surface area contributed by atoms with E-state index in [1.54, 1.807) is 18.7 Å². The van der Waals surface area contributed by atoms with E-state index in [9.17, 15) is 4.79 Å². The van der Waals surface area contributed by atoms with Crippen molar-refractivity contribution in [2.45, 2.75) is 39.2 Å². The summed E-state index contributed by atoms with van der Waals surface area (Å²) in [4.78, 5) is 11.5. The highest BCUT2D eigenvalue weighted by Gasteiger charge is 2.28. The van der Waals surface area contributed by atoms with Gasteiger partial charge >= 0.3 is 0 Å². The predicted molar refractivity (Wildman–Crippen MR) is 72.5 cm³/mol. The number of amides is 1. The Morgan fingerprint density at radius 1 is 1.44 bits per heavy atom. The monoisotopic (exact) mass is 253 g/mol. The molecule has 0 spiro atoms. The van der Waals surface area contributed by atoms with E-state index in [1.807, 2.05) is 0 Å². The molecule has 0 aromatic carbocycles. The van der Waals surface area contributed by atoms with E-state index in [4.69, 9.17) is 11.5 Å². The first-order valence-corrected chi connectivity index (χ1v) is 6.22. The van der Waals surface area contributed by atoms with E-state index in [2.05, 4.69) is 24.3 Å². The van der Waals surface area contributed by atoms with Gasteiger partial charge in [-0.1, -0.05) is 13.8 Å². The third kappa shape index (κ3) is 2.48. The van der Waals surface area contributed by atoms with Gasteiger partial charge in [-0.2, -0.15) is 5.10 Å². The number of carbonyl (C=O) groups excluding carboxylic acids is 1. The fourth-order valence-electron chi connectivity index (χ4n) is 2.11. The molecule has 102 valence electrons. The molecule has 0 radical (unpaired) electrons. The average Bonchev–Trinajstić information content (AvgIpc) is 2.61. The Morgan fingerprint density at radius 2 is 2.00 bits per heavy atom. The Labute approximate surface area is 108 Å². The Morgan fingerprint density at radius 3 is 2.39 bits per heavy atom. The summed E-state index contributed by atoms with van der Waals surface area (Å²) < 4.78 is 1.64. The molecule has 0 fully saturated rings. The van der Waals surface area contributed by atoms with Crippen LogP contribution in [0.4, 0.5) is 5.82 Å². The van der Waals surface area contributed by atoms with Gasteiger partial charge in [0.1, 0.15) is 11.4 Å². The Bertz CT molecular complexity index is 426. The summed E-state index contributed by atoms with van der Waals surface area (Å²) in [6.45, 7) is 6.39. The van der Waals surface area contributed by atoms with Gasteiger partial charge in [-0.05, 0) is 19.8 Å². The number of rotatable bonds is 6. The molecule has 1 aromatic heterocycles. The van der Waals surface area contributed by atoms with Crippen LogP contribution in [0.3, 0.4) is 0 Å². The fraction of sp³-hybridized carbons (Fsp3) is 0.667. The van der Waals surface area contributed by atoms with Gasteiger partial charge < -0.3 is 16.8 Å². The summed E-state index contributed by atoms with van der Waals surface area (Å²) in [6, 6.07) is 0. The smallest absolute Gasteiger partial charge is 0.254 e. The van der Waals surface area contributed by atoms with Crippen LogP contribution in [-0.4, -0.2) is 27.8 Å². The fourth-order valence-corrected chi connectivity index (χ4v) is 2.11. The largest absolute Gasteiger partial charge is 0.365 e. The Hall–Kier alpha value is -1.56. The molecule has 5 N–H and O–H groups in total. The highest BCUT2D eigenvalue weighted by Crippen LogP contribution is 2.25. The lowest BCUT2D eigenvalue weighted by Crippen LogP contribution is -2.45. The van der Waals surface area contributed by atoms with E-state index < -0.39 is 5.91 Å². The van der Waals surface area contributed by atoms with Gasteiger partial charge in [0, 0.05) is 13.6 Å². The topological polar surface area (TPSA) is 99.0 Å². The Kier molecular flexibility index (Phi) is 4.34. The minimum atomic E-state index is -0.471. The number of hydrogen-bond donors (Lipinski definition) is 3. The van der Waals surface area contributed by atoms with E-state index in [0.717, 1.165) is 12.8 Å². The summed E-state index contributed by atoms with van der Waals surface area (Å²) in [5.41, 5.74) is 12.1. The lowest BCUT2D eigenvalue weighted by molar-refractivity contribution is 0.100. The van der Waals surface area contributed by atoms with Crippen molar-refractivity contribution in [3.05, 3.63) is 11.3 Å². The number of aryl methyl sites for hydroxylation is 2. The molecule has 0 saturated heterocycles. The highest BCUT2D eigenvalue weighted by atomic mass is 16.1. The zero-order valence-corrected chi connectivity index (χ0v) is 11.6. The van der Waals surface area contributed by atoms with Crippen LogP contribution in [0.25, 0.3) is 0 Å². The average molecular weight is 253 g/mol. The number of aromatic nitrogens is 2. The Balaban J connectivity index is 3.21. The number of carbonyl (C=O) groups is 1. The molecule has 0 aliphatic rings. The van der Waals surface area contributed by atoms with Crippen molar-refractivity contribution < 1.29 is 4.79 Å². The van der Waals surface area contributed by atoms with Gasteiger partial charge in [0.05, 0.1) is 11.2 Å². The van der Waals surface area contributed by atoms with Crippen LogP contribution in [0.5, 0.6) is 0 Å². The SMILES string of the molecule is CCC(CC)(CN)Nc1c(C(N)=O)c(C)nn1C. The number of primary amides is 1. The number of nitrogens with zero attached hydrogens (tertiary/aromatic N) is 2. The van der Waals surface area contributed by atoms with Gasteiger partial charge in [0.25, 0.3) is 5.91 Å². The molecule has 0 aliphatic heterocycles. The number of anilines is 1. The van der Waals surface area contributed by atoms with Crippen molar-refractivity contribution in [1.82, 2.24) is 9.78 Å². The molecule has 1 aromatic rings. The van der Waals surface area contributed by atoms with Crippen molar-refractivity contribution in [2.24, 2.45) is 18.5 Å². The molecular formula is C12H23N5O. The third-order valence-corrected chi connectivity index (χ3v) is 3.60. The van der Waals surface area contributed by atoms with Crippen molar-refractivity contribution in [2.75, 3.05) is 11.9 Å². The first-order chi connectivity index (χ1) is 8.40. The molecule has 0 unspecified atom stereocenters. The van der Waals surface area contributed by atoms with E-state index >= 15 is 0 Å². The summed E-state index contributed by atoms with van der Waals surface area (Å²) >= 11 is 0. The van der Waals surface area contributed by atoms with Crippen LogP contribution >= 0.6 is 0 Å². The van der Waals surface area contributed by atoms with Crippen molar-refractivity contribution in [1.29, 1.82) is 0 Å². The van der Waals surface area contributed by atoms with Gasteiger partial charge in [-0.3, -0.25) is 9.48 Å². The first-order valence-electron chi connectivity index (χ1n) is 6.22. The molecule has 0 bridgehead atoms. The minimum absolute atomic E-state index is 0.232. The third-order valence-electron chi connectivity index (χ3n) is 3.60. The maximum Gasteiger partial charge on any atom is 0.254 e. The molecule has 18 heavy (non-hydrogen) atoms. The maximum absolute atomic E-state index is 11.5. The van der Waals surface area contributed by atoms with Crippen LogP contribution in [0.15, 0.2) is 0 Å². The zero-order chi connectivity index (χ0) is 13.9. The van der Waals surface area contributed by atoms with Crippen LogP contribution in [0.2, 0.25) is 0 Å². The molecule has 1 amide bonds. The quantitative estimate of drug-likeness (QED) is 0.697. The first kappa shape index (κ1) is 14.5. The normalized spacial score (nSPS) is 11.6. The molecule has 0 saturated carbocycles. The van der Waals surface area contributed by atoms with Crippen LogP contribution in [0.1, 0.15) is 42.7 Å². The molecule has 1 rings (SSSR count). The van der Waals surface area contributed by atoms with Crippen LogP contribution in [0, 0.1) is 6.92 Å². The second-order valence-electron chi connectivity index (χ2n) is 4.61. The minimum Gasteiger partial charge on any atom is -0.365 e. The number of hydrogen-bond acceptors (Lipinski definition) is 4. The van der Waals surface area contributed by atoms with Crippen molar-refractivity contribution in [3.63, 3.8) is 0 Å².